The summed E-state index contributed by atoms with van der Waals surface area (Å²) in [6.45, 7) is 3.11. The molecule has 1 heterocycles. The molecule has 0 bridgehead atoms. The molecule has 1 aromatic carbocycles. The third-order valence-corrected chi connectivity index (χ3v) is 5.14. The van der Waals surface area contributed by atoms with Crippen molar-refractivity contribution in [2.24, 2.45) is 5.92 Å². The highest BCUT2D eigenvalue weighted by atomic mass is 35.5. The van der Waals surface area contributed by atoms with Crippen molar-refractivity contribution in [2.75, 3.05) is 17.8 Å². The fourth-order valence-corrected chi connectivity index (χ4v) is 3.46. The number of piperidine rings is 1. The minimum atomic E-state index is -3.63. The lowest BCUT2D eigenvalue weighted by Crippen LogP contribution is -2.41. The molecule has 0 radical (unpaired) electrons. The topological polar surface area (TPSA) is 69.6 Å². The quantitative estimate of drug-likeness (QED) is 0.843. The molecule has 1 fully saturated rings. The summed E-state index contributed by atoms with van der Waals surface area (Å²) < 4.78 is 28.1. The molecule has 0 aliphatic carbocycles. The van der Waals surface area contributed by atoms with Gasteiger partial charge in [-0.25, -0.2) is 0 Å². The van der Waals surface area contributed by atoms with E-state index >= 15 is 0 Å². The molecule has 1 aliphatic heterocycles. The number of hydrogen-bond donors (Lipinski definition) is 2. The Labute approximate surface area is 118 Å². The third-order valence-electron chi connectivity index (χ3n) is 3.31. The molecule has 2 rings (SSSR count). The number of nitrogens with one attached hydrogen (secondary N) is 1. The van der Waals surface area contributed by atoms with Crippen LogP contribution >= 0.6 is 11.6 Å². The van der Waals surface area contributed by atoms with Crippen LogP contribution in [0.1, 0.15) is 19.8 Å². The first-order valence-electron chi connectivity index (χ1n) is 6.15. The Bertz CT molecular complexity index is 554. The Morgan fingerprint density at radius 1 is 1.37 bits per heavy atom. The van der Waals surface area contributed by atoms with Gasteiger partial charge >= 0.3 is 10.2 Å². The number of phenolic OH excluding ortho intramolecular Hbond substituents is 1. The molecule has 5 nitrogen and oxygen atoms in total. The zero-order valence-corrected chi connectivity index (χ0v) is 12.2. The van der Waals surface area contributed by atoms with Crippen molar-refractivity contribution in [2.45, 2.75) is 19.8 Å². The van der Waals surface area contributed by atoms with Crippen LogP contribution in [0.15, 0.2) is 18.2 Å². The predicted molar refractivity (Wildman–Crippen MR) is 75.6 cm³/mol. The normalized spacial score (nSPS) is 18.4. The van der Waals surface area contributed by atoms with Gasteiger partial charge in [0.1, 0.15) is 0 Å². The Morgan fingerprint density at radius 2 is 2.00 bits per heavy atom. The second kappa shape index (κ2) is 5.56. The van der Waals surface area contributed by atoms with E-state index in [1.165, 1.54) is 16.4 Å². The van der Waals surface area contributed by atoms with Crippen LogP contribution in [0.4, 0.5) is 5.69 Å². The number of para-hydroxylation sites is 1. The van der Waals surface area contributed by atoms with Crippen LogP contribution in [0.2, 0.25) is 5.02 Å². The van der Waals surface area contributed by atoms with Crippen molar-refractivity contribution in [1.29, 1.82) is 0 Å². The second-order valence-electron chi connectivity index (χ2n) is 4.82. The van der Waals surface area contributed by atoms with Crippen LogP contribution in [-0.4, -0.2) is 30.9 Å². The first-order chi connectivity index (χ1) is 8.90. The number of benzene rings is 1. The van der Waals surface area contributed by atoms with Crippen molar-refractivity contribution in [3.05, 3.63) is 23.2 Å². The summed E-state index contributed by atoms with van der Waals surface area (Å²) in [7, 11) is -3.63. The lowest BCUT2D eigenvalue weighted by atomic mass is 10.0. The van der Waals surface area contributed by atoms with Gasteiger partial charge in [0.25, 0.3) is 0 Å². The van der Waals surface area contributed by atoms with Gasteiger partial charge in [0.2, 0.25) is 0 Å². The van der Waals surface area contributed by atoms with Crippen molar-refractivity contribution in [3.8, 4) is 5.75 Å². The molecule has 0 spiro atoms. The van der Waals surface area contributed by atoms with Crippen molar-refractivity contribution in [1.82, 2.24) is 4.31 Å². The molecule has 7 heteroatoms. The van der Waals surface area contributed by atoms with Gasteiger partial charge in [0, 0.05) is 13.1 Å². The number of anilines is 1. The van der Waals surface area contributed by atoms with Gasteiger partial charge in [-0.05, 0) is 30.9 Å². The summed E-state index contributed by atoms with van der Waals surface area (Å²) >= 11 is 5.75. The number of aromatic hydroxyl groups is 1. The van der Waals surface area contributed by atoms with E-state index in [2.05, 4.69) is 11.6 Å². The van der Waals surface area contributed by atoms with Gasteiger partial charge in [-0.2, -0.15) is 12.7 Å². The predicted octanol–water partition coefficient (Wildman–Crippen LogP) is 2.43. The smallest absolute Gasteiger partial charge is 0.301 e. The summed E-state index contributed by atoms with van der Waals surface area (Å²) in [6.07, 6.45) is 1.70. The molecule has 106 valence electrons. The number of phenols is 1. The third kappa shape index (κ3) is 3.32. The maximum Gasteiger partial charge on any atom is 0.301 e. The molecule has 1 aromatic rings. The van der Waals surface area contributed by atoms with E-state index in [9.17, 15) is 13.5 Å². The van der Waals surface area contributed by atoms with Gasteiger partial charge in [-0.1, -0.05) is 24.6 Å². The van der Waals surface area contributed by atoms with Crippen LogP contribution < -0.4 is 4.72 Å². The Balaban J connectivity index is 2.15. The fourth-order valence-electron chi connectivity index (χ4n) is 2.03. The van der Waals surface area contributed by atoms with Gasteiger partial charge in [0.15, 0.2) is 5.75 Å². The first-order valence-corrected chi connectivity index (χ1v) is 7.97. The molecule has 0 aromatic heterocycles. The van der Waals surface area contributed by atoms with E-state index in [1.54, 1.807) is 6.07 Å². The zero-order chi connectivity index (χ0) is 14.0. The van der Waals surface area contributed by atoms with Gasteiger partial charge < -0.3 is 5.11 Å². The Kier molecular flexibility index (Phi) is 4.23. The summed E-state index contributed by atoms with van der Waals surface area (Å²) in [5.41, 5.74) is 0.103. The lowest BCUT2D eigenvalue weighted by Gasteiger charge is -2.29. The highest BCUT2D eigenvalue weighted by Gasteiger charge is 2.27. The highest BCUT2D eigenvalue weighted by Crippen LogP contribution is 2.32. The summed E-state index contributed by atoms with van der Waals surface area (Å²) in [6, 6.07) is 4.56. The Morgan fingerprint density at radius 3 is 2.63 bits per heavy atom. The van der Waals surface area contributed by atoms with Crippen LogP contribution in [0.5, 0.6) is 5.75 Å². The molecular weight excluding hydrogens is 288 g/mol. The molecular formula is C12H17ClN2O3S. The molecule has 1 saturated heterocycles. The maximum atomic E-state index is 12.2. The largest absolute Gasteiger partial charge is 0.504 e. The number of rotatable bonds is 3. The van der Waals surface area contributed by atoms with E-state index in [-0.39, 0.29) is 16.5 Å². The van der Waals surface area contributed by atoms with E-state index in [0.717, 1.165) is 12.8 Å². The minimum Gasteiger partial charge on any atom is -0.504 e. The Hall–Kier alpha value is -0.980. The molecule has 2 N–H and O–H groups in total. The monoisotopic (exact) mass is 304 g/mol. The SMILES string of the molecule is CC1CCN(S(=O)(=O)Nc2cccc(Cl)c2O)CC1. The van der Waals surface area contributed by atoms with Gasteiger partial charge in [-0.15, -0.1) is 0 Å². The molecule has 0 atom stereocenters. The van der Waals surface area contributed by atoms with Crippen LogP contribution in [0.25, 0.3) is 0 Å². The standard InChI is InChI=1S/C12H17ClN2O3S/c1-9-5-7-15(8-6-9)19(17,18)14-11-4-2-3-10(13)12(11)16/h2-4,9,14,16H,5-8H2,1H3. The molecule has 0 unspecified atom stereocenters. The number of nitrogens with zero attached hydrogens (tertiary/aromatic N) is 1. The van der Waals surface area contributed by atoms with Crippen LogP contribution in [-0.2, 0) is 10.2 Å². The van der Waals surface area contributed by atoms with Crippen LogP contribution in [0.3, 0.4) is 0 Å². The average molecular weight is 305 g/mol. The molecule has 1 aliphatic rings. The maximum absolute atomic E-state index is 12.2. The number of hydrogen-bond acceptors (Lipinski definition) is 3. The average Bonchev–Trinajstić information content (AvgIpc) is 2.35. The molecule has 0 saturated carbocycles. The van der Waals surface area contributed by atoms with Crippen molar-refractivity contribution in [3.63, 3.8) is 0 Å². The minimum absolute atomic E-state index is 0.103. The van der Waals surface area contributed by atoms with Gasteiger partial charge in [-0.3, -0.25) is 4.72 Å². The second-order valence-corrected chi connectivity index (χ2v) is 6.90. The summed E-state index contributed by atoms with van der Waals surface area (Å²) in [5.74, 6) is 0.296. The number of halogens is 1. The summed E-state index contributed by atoms with van der Waals surface area (Å²) in [4.78, 5) is 0. The van der Waals surface area contributed by atoms with Crippen LogP contribution in [0, 0.1) is 5.92 Å². The van der Waals surface area contributed by atoms with E-state index in [0.29, 0.717) is 19.0 Å². The molecule has 19 heavy (non-hydrogen) atoms. The zero-order valence-electron chi connectivity index (χ0n) is 10.6. The van der Waals surface area contributed by atoms with E-state index in [4.69, 9.17) is 11.6 Å². The molecule has 0 amide bonds. The highest BCUT2D eigenvalue weighted by molar-refractivity contribution is 7.90. The van der Waals surface area contributed by atoms with Gasteiger partial charge in [0.05, 0.1) is 10.7 Å². The first kappa shape index (κ1) is 14.4. The fraction of sp³-hybridized carbons (Fsp3) is 0.500. The van der Waals surface area contributed by atoms with E-state index in [1.807, 2.05) is 0 Å². The van der Waals surface area contributed by atoms with Crippen molar-refractivity contribution < 1.29 is 13.5 Å². The lowest BCUT2D eigenvalue weighted by molar-refractivity contribution is 0.289. The van der Waals surface area contributed by atoms with Crippen molar-refractivity contribution >= 4 is 27.5 Å². The van der Waals surface area contributed by atoms with E-state index < -0.39 is 10.2 Å². The summed E-state index contributed by atoms with van der Waals surface area (Å²) in [5, 5.41) is 9.84.